The van der Waals surface area contributed by atoms with E-state index in [-0.39, 0.29) is 11.6 Å². The second kappa shape index (κ2) is 6.70. The van der Waals surface area contributed by atoms with E-state index in [1.165, 1.54) is 12.1 Å². The molecule has 0 bridgehead atoms. The Bertz CT molecular complexity index is 735. The molecule has 7 nitrogen and oxygen atoms in total. The van der Waals surface area contributed by atoms with Crippen LogP contribution in [0, 0.1) is 0 Å². The van der Waals surface area contributed by atoms with Gasteiger partial charge in [0, 0.05) is 43.0 Å². The standard InChI is InChI=1S/C15H16ClN5O2/c16-11-2-1-3-12(10-11)20-6-8-21(9-7-20)15(23)17-13-4-5-14(22)19-18-13/h1-5,10H,6-9H2,(H,19,22)(H,17,18,23). The lowest BCUT2D eigenvalue weighted by atomic mass is 10.2. The number of hydrogen-bond donors (Lipinski definition) is 2. The minimum absolute atomic E-state index is 0.227. The molecule has 1 aliphatic rings. The second-order valence-corrected chi connectivity index (χ2v) is 5.63. The van der Waals surface area contributed by atoms with Crippen LogP contribution in [0.3, 0.4) is 0 Å². The number of carbonyl (C=O) groups is 1. The lowest BCUT2D eigenvalue weighted by Crippen LogP contribution is -2.50. The average Bonchev–Trinajstić information content (AvgIpc) is 2.57. The van der Waals surface area contributed by atoms with Crippen molar-refractivity contribution >= 4 is 29.1 Å². The first kappa shape index (κ1) is 15.4. The largest absolute Gasteiger partial charge is 0.368 e. The number of hydrogen-bond acceptors (Lipinski definition) is 4. The van der Waals surface area contributed by atoms with Crippen LogP contribution in [0.5, 0.6) is 0 Å². The van der Waals surface area contributed by atoms with Gasteiger partial charge >= 0.3 is 6.03 Å². The average molecular weight is 334 g/mol. The van der Waals surface area contributed by atoms with E-state index in [1.807, 2.05) is 24.3 Å². The van der Waals surface area contributed by atoms with Crippen molar-refractivity contribution in [2.45, 2.75) is 0 Å². The molecule has 0 saturated carbocycles. The van der Waals surface area contributed by atoms with E-state index >= 15 is 0 Å². The summed E-state index contributed by atoms with van der Waals surface area (Å²) in [6.45, 7) is 2.66. The topological polar surface area (TPSA) is 81.3 Å². The molecule has 8 heteroatoms. The Morgan fingerprint density at radius 1 is 1.17 bits per heavy atom. The van der Waals surface area contributed by atoms with Gasteiger partial charge in [-0.15, -0.1) is 0 Å². The van der Waals surface area contributed by atoms with Crippen molar-refractivity contribution in [1.82, 2.24) is 15.1 Å². The van der Waals surface area contributed by atoms with Crippen LogP contribution in [-0.2, 0) is 0 Å². The van der Waals surface area contributed by atoms with Crippen molar-refractivity contribution in [3.05, 3.63) is 51.8 Å². The Balaban J connectivity index is 1.57. The number of nitrogens with zero attached hydrogens (tertiary/aromatic N) is 3. The van der Waals surface area contributed by atoms with E-state index in [2.05, 4.69) is 20.4 Å². The van der Waals surface area contributed by atoms with Gasteiger partial charge in [-0.05, 0) is 24.3 Å². The quantitative estimate of drug-likeness (QED) is 0.877. The number of anilines is 2. The van der Waals surface area contributed by atoms with Crippen LogP contribution in [0.1, 0.15) is 0 Å². The highest BCUT2D eigenvalue weighted by Gasteiger charge is 2.21. The number of rotatable bonds is 2. The van der Waals surface area contributed by atoms with Gasteiger partial charge in [-0.2, -0.15) is 5.10 Å². The highest BCUT2D eigenvalue weighted by Crippen LogP contribution is 2.20. The Labute approximate surface area is 137 Å². The van der Waals surface area contributed by atoms with Crippen LogP contribution < -0.4 is 15.8 Å². The molecule has 120 valence electrons. The molecular formula is C15H16ClN5O2. The molecule has 1 saturated heterocycles. The number of aromatic nitrogens is 2. The molecule has 2 amide bonds. The zero-order valence-electron chi connectivity index (χ0n) is 12.3. The van der Waals surface area contributed by atoms with Gasteiger partial charge in [-0.25, -0.2) is 9.89 Å². The summed E-state index contributed by atoms with van der Waals surface area (Å²) in [5.74, 6) is 0.326. The fourth-order valence-corrected chi connectivity index (χ4v) is 2.63. The van der Waals surface area contributed by atoms with Gasteiger partial charge < -0.3 is 9.80 Å². The molecule has 23 heavy (non-hydrogen) atoms. The number of carbonyl (C=O) groups excluding carboxylic acids is 1. The third-order valence-electron chi connectivity index (χ3n) is 3.65. The summed E-state index contributed by atoms with van der Waals surface area (Å²) in [5.41, 5.74) is 0.748. The first-order valence-corrected chi connectivity index (χ1v) is 7.62. The zero-order valence-corrected chi connectivity index (χ0v) is 13.1. The molecule has 2 N–H and O–H groups in total. The van der Waals surface area contributed by atoms with E-state index in [0.29, 0.717) is 23.9 Å². The third-order valence-corrected chi connectivity index (χ3v) is 3.89. The molecule has 0 aliphatic carbocycles. The molecule has 3 rings (SSSR count). The van der Waals surface area contributed by atoms with Crippen LogP contribution in [-0.4, -0.2) is 47.3 Å². The van der Waals surface area contributed by atoms with Crippen LogP contribution >= 0.6 is 11.6 Å². The van der Waals surface area contributed by atoms with Gasteiger partial charge in [0.15, 0.2) is 5.82 Å². The molecule has 0 radical (unpaired) electrons. The Morgan fingerprint density at radius 2 is 1.96 bits per heavy atom. The molecule has 2 heterocycles. The number of nitrogens with one attached hydrogen (secondary N) is 2. The number of amides is 2. The van der Waals surface area contributed by atoms with E-state index < -0.39 is 0 Å². The third kappa shape index (κ3) is 3.81. The Morgan fingerprint density at radius 3 is 2.61 bits per heavy atom. The summed E-state index contributed by atoms with van der Waals surface area (Å²) in [6, 6.07) is 10.2. The lowest BCUT2D eigenvalue weighted by Gasteiger charge is -2.36. The second-order valence-electron chi connectivity index (χ2n) is 5.19. The van der Waals surface area contributed by atoms with Crippen molar-refractivity contribution in [2.24, 2.45) is 0 Å². The van der Waals surface area contributed by atoms with Crippen molar-refractivity contribution in [3.8, 4) is 0 Å². The van der Waals surface area contributed by atoms with Gasteiger partial charge in [0.25, 0.3) is 5.56 Å². The summed E-state index contributed by atoms with van der Waals surface area (Å²) in [4.78, 5) is 27.0. The van der Waals surface area contributed by atoms with Crippen LogP contribution in [0.2, 0.25) is 5.02 Å². The van der Waals surface area contributed by atoms with E-state index in [9.17, 15) is 9.59 Å². The predicted octanol–water partition coefficient (Wildman–Crippen LogP) is 1.78. The number of piperazine rings is 1. The van der Waals surface area contributed by atoms with Crippen LogP contribution in [0.25, 0.3) is 0 Å². The number of halogens is 1. The van der Waals surface area contributed by atoms with E-state index in [0.717, 1.165) is 18.8 Å². The Hall–Kier alpha value is -2.54. The van der Waals surface area contributed by atoms with Crippen molar-refractivity contribution < 1.29 is 4.79 Å². The first-order chi connectivity index (χ1) is 11.1. The fraction of sp³-hybridized carbons (Fsp3) is 0.267. The van der Waals surface area contributed by atoms with E-state index in [1.54, 1.807) is 4.90 Å². The molecule has 1 aliphatic heterocycles. The maximum atomic E-state index is 12.2. The highest BCUT2D eigenvalue weighted by atomic mass is 35.5. The van der Waals surface area contributed by atoms with Gasteiger partial charge in [-0.1, -0.05) is 17.7 Å². The normalized spacial score (nSPS) is 14.7. The van der Waals surface area contributed by atoms with Crippen molar-refractivity contribution in [1.29, 1.82) is 0 Å². The highest BCUT2D eigenvalue weighted by molar-refractivity contribution is 6.30. The number of urea groups is 1. The van der Waals surface area contributed by atoms with Crippen molar-refractivity contribution in [3.63, 3.8) is 0 Å². The van der Waals surface area contributed by atoms with E-state index in [4.69, 9.17) is 11.6 Å². The molecule has 0 atom stereocenters. The Kier molecular flexibility index (Phi) is 4.47. The molecule has 0 unspecified atom stereocenters. The molecule has 0 spiro atoms. The lowest BCUT2D eigenvalue weighted by molar-refractivity contribution is 0.208. The zero-order chi connectivity index (χ0) is 16.2. The summed E-state index contributed by atoms with van der Waals surface area (Å²) in [7, 11) is 0. The predicted molar refractivity (Wildman–Crippen MR) is 89.1 cm³/mol. The summed E-state index contributed by atoms with van der Waals surface area (Å²) in [5, 5.41) is 9.42. The summed E-state index contributed by atoms with van der Waals surface area (Å²) < 4.78 is 0. The maximum absolute atomic E-state index is 12.2. The first-order valence-electron chi connectivity index (χ1n) is 7.24. The monoisotopic (exact) mass is 333 g/mol. The van der Waals surface area contributed by atoms with Gasteiger partial charge in [0.2, 0.25) is 0 Å². The SMILES string of the molecule is O=C(Nc1ccc(=O)[nH]n1)N1CCN(c2cccc(Cl)c2)CC1. The van der Waals surface area contributed by atoms with Gasteiger partial charge in [0.05, 0.1) is 0 Å². The molecular weight excluding hydrogens is 318 g/mol. The fourth-order valence-electron chi connectivity index (χ4n) is 2.44. The number of aromatic amines is 1. The molecule has 2 aromatic rings. The molecule has 1 aromatic carbocycles. The summed E-state index contributed by atoms with van der Waals surface area (Å²) >= 11 is 6.01. The van der Waals surface area contributed by atoms with Crippen LogP contribution in [0.4, 0.5) is 16.3 Å². The van der Waals surface area contributed by atoms with Crippen molar-refractivity contribution in [2.75, 3.05) is 36.4 Å². The number of benzene rings is 1. The van der Waals surface area contributed by atoms with Gasteiger partial charge in [-0.3, -0.25) is 10.1 Å². The minimum atomic E-state index is -0.307. The molecule has 1 fully saturated rings. The van der Waals surface area contributed by atoms with Crippen LogP contribution in [0.15, 0.2) is 41.2 Å². The van der Waals surface area contributed by atoms with Gasteiger partial charge in [0.1, 0.15) is 0 Å². The maximum Gasteiger partial charge on any atom is 0.323 e. The smallest absolute Gasteiger partial charge is 0.323 e. The number of H-pyrrole nitrogens is 1. The molecule has 1 aromatic heterocycles. The minimum Gasteiger partial charge on any atom is -0.368 e. The summed E-state index contributed by atoms with van der Waals surface area (Å²) in [6.07, 6.45) is 0.